The van der Waals surface area contributed by atoms with Crippen LogP contribution in [-0.2, 0) is 9.59 Å². The van der Waals surface area contributed by atoms with Crippen LogP contribution in [0.5, 0.6) is 0 Å². The van der Waals surface area contributed by atoms with E-state index < -0.39 is 0 Å². The zero-order chi connectivity index (χ0) is 15.2. The number of rotatable bonds is 5. The topological polar surface area (TPSA) is 52.7 Å². The molecule has 0 unspecified atom stereocenters. The van der Waals surface area contributed by atoms with Gasteiger partial charge in [-0.2, -0.15) is 0 Å². The highest BCUT2D eigenvalue weighted by atomic mass is 16.2. The Kier molecular flexibility index (Phi) is 5.20. The van der Waals surface area contributed by atoms with Gasteiger partial charge in [0.1, 0.15) is 0 Å². The lowest BCUT2D eigenvalue weighted by Crippen LogP contribution is -2.48. The van der Waals surface area contributed by atoms with E-state index in [-0.39, 0.29) is 5.91 Å². The second-order valence-corrected chi connectivity index (χ2v) is 5.45. The molecule has 5 heteroatoms. The molecule has 1 aliphatic heterocycles. The SMILES string of the molecule is Cc1cccc(NCCC(=O)N2CCN(C=O)CC2)c1C. The summed E-state index contributed by atoms with van der Waals surface area (Å²) in [7, 11) is 0. The average Bonchev–Trinajstić information content (AvgIpc) is 2.51. The second-order valence-electron chi connectivity index (χ2n) is 5.45. The lowest BCUT2D eigenvalue weighted by molar-refractivity contribution is -0.134. The van der Waals surface area contributed by atoms with Gasteiger partial charge in [-0.15, -0.1) is 0 Å². The van der Waals surface area contributed by atoms with E-state index in [4.69, 9.17) is 0 Å². The summed E-state index contributed by atoms with van der Waals surface area (Å²) in [5.74, 6) is 0.151. The van der Waals surface area contributed by atoms with Gasteiger partial charge in [-0.25, -0.2) is 0 Å². The molecule has 21 heavy (non-hydrogen) atoms. The number of piperazine rings is 1. The van der Waals surface area contributed by atoms with Gasteiger partial charge in [0.2, 0.25) is 12.3 Å². The van der Waals surface area contributed by atoms with Gasteiger partial charge in [0.25, 0.3) is 0 Å². The van der Waals surface area contributed by atoms with E-state index in [2.05, 4.69) is 25.2 Å². The number of hydrogen-bond donors (Lipinski definition) is 1. The lowest BCUT2D eigenvalue weighted by atomic mass is 10.1. The van der Waals surface area contributed by atoms with Crippen molar-refractivity contribution in [3.8, 4) is 0 Å². The predicted octanol–water partition coefficient (Wildman–Crippen LogP) is 1.41. The number of nitrogens with one attached hydrogen (secondary N) is 1. The number of carbonyl (C=O) groups excluding carboxylic acids is 2. The maximum Gasteiger partial charge on any atom is 0.224 e. The number of nitrogens with zero attached hydrogens (tertiary/aromatic N) is 2. The van der Waals surface area contributed by atoms with Crippen LogP contribution in [0.3, 0.4) is 0 Å². The van der Waals surface area contributed by atoms with Crippen molar-refractivity contribution in [2.75, 3.05) is 38.0 Å². The second kappa shape index (κ2) is 7.11. The third-order valence-electron chi connectivity index (χ3n) is 4.07. The summed E-state index contributed by atoms with van der Waals surface area (Å²) < 4.78 is 0. The van der Waals surface area contributed by atoms with Gasteiger partial charge in [0.05, 0.1) is 0 Å². The minimum Gasteiger partial charge on any atom is -0.384 e. The highest BCUT2D eigenvalue weighted by molar-refractivity contribution is 5.77. The molecule has 2 amide bonds. The monoisotopic (exact) mass is 289 g/mol. The molecule has 5 nitrogen and oxygen atoms in total. The Bertz CT molecular complexity index is 508. The van der Waals surface area contributed by atoms with Gasteiger partial charge in [0.15, 0.2) is 0 Å². The van der Waals surface area contributed by atoms with E-state index in [1.54, 1.807) is 4.90 Å². The van der Waals surface area contributed by atoms with Crippen LogP contribution in [0.4, 0.5) is 5.69 Å². The minimum absolute atomic E-state index is 0.151. The normalized spacial score (nSPS) is 15.0. The Morgan fingerprint density at radius 3 is 2.62 bits per heavy atom. The minimum atomic E-state index is 0.151. The first-order valence-corrected chi connectivity index (χ1v) is 7.39. The van der Waals surface area contributed by atoms with Gasteiger partial charge in [-0.3, -0.25) is 9.59 Å². The smallest absolute Gasteiger partial charge is 0.224 e. The first-order valence-electron chi connectivity index (χ1n) is 7.39. The molecule has 0 aromatic heterocycles. The molecule has 1 fully saturated rings. The third kappa shape index (κ3) is 3.97. The molecule has 114 valence electrons. The van der Waals surface area contributed by atoms with Crippen LogP contribution in [0.25, 0.3) is 0 Å². The molecule has 1 aliphatic rings. The van der Waals surface area contributed by atoms with Crippen LogP contribution < -0.4 is 5.32 Å². The van der Waals surface area contributed by atoms with Gasteiger partial charge < -0.3 is 15.1 Å². The van der Waals surface area contributed by atoms with E-state index in [1.807, 2.05) is 17.0 Å². The summed E-state index contributed by atoms with van der Waals surface area (Å²) in [5.41, 5.74) is 3.56. The Morgan fingerprint density at radius 2 is 1.95 bits per heavy atom. The van der Waals surface area contributed by atoms with Crippen LogP contribution in [-0.4, -0.2) is 54.8 Å². The van der Waals surface area contributed by atoms with Crippen molar-refractivity contribution in [2.45, 2.75) is 20.3 Å². The fourth-order valence-corrected chi connectivity index (χ4v) is 2.48. The molecular formula is C16H23N3O2. The first-order chi connectivity index (χ1) is 10.1. The molecular weight excluding hydrogens is 266 g/mol. The number of amides is 2. The van der Waals surface area contributed by atoms with E-state index in [1.165, 1.54) is 11.1 Å². The van der Waals surface area contributed by atoms with Crippen molar-refractivity contribution in [3.63, 3.8) is 0 Å². The molecule has 0 aliphatic carbocycles. The number of carbonyl (C=O) groups is 2. The molecule has 0 atom stereocenters. The quantitative estimate of drug-likeness (QED) is 0.834. The molecule has 1 saturated heterocycles. The van der Waals surface area contributed by atoms with Gasteiger partial charge in [-0.1, -0.05) is 12.1 Å². The molecule has 1 N–H and O–H groups in total. The Hall–Kier alpha value is -2.04. The van der Waals surface area contributed by atoms with Crippen molar-refractivity contribution in [3.05, 3.63) is 29.3 Å². The molecule has 0 saturated carbocycles. The molecule has 1 aromatic rings. The van der Waals surface area contributed by atoms with Gasteiger partial charge >= 0.3 is 0 Å². The maximum atomic E-state index is 12.1. The van der Waals surface area contributed by atoms with Gasteiger partial charge in [0, 0.05) is 44.8 Å². The summed E-state index contributed by atoms with van der Waals surface area (Å²) in [5, 5.41) is 3.33. The van der Waals surface area contributed by atoms with Crippen molar-refractivity contribution < 1.29 is 9.59 Å². The van der Waals surface area contributed by atoms with Crippen LogP contribution in [0.15, 0.2) is 18.2 Å². The maximum absolute atomic E-state index is 12.1. The zero-order valence-corrected chi connectivity index (χ0v) is 12.8. The molecule has 1 aromatic carbocycles. The number of aryl methyl sites for hydroxylation is 1. The molecule has 2 rings (SSSR count). The van der Waals surface area contributed by atoms with E-state index >= 15 is 0 Å². The van der Waals surface area contributed by atoms with Crippen molar-refractivity contribution in [1.29, 1.82) is 0 Å². The summed E-state index contributed by atoms with van der Waals surface area (Å²) in [4.78, 5) is 26.3. The molecule has 0 radical (unpaired) electrons. The fraction of sp³-hybridized carbons (Fsp3) is 0.500. The van der Waals surface area contributed by atoms with Crippen molar-refractivity contribution in [1.82, 2.24) is 9.80 Å². The molecule has 0 bridgehead atoms. The summed E-state index contributed by atoms with van der Waals surface area (Å²) in [6, 6.07) is 6.14. The predicted molar refractivity (Wildman–Crippen MR) is 83.2 cm³/mol. The van der Waals surface area contributed by atoms with Crippen LogP contribution in [0, 0.1) is 13.8 Å². The Morgan fingerprint density at radius 1 is 1.24 bits per heavy atom. The number of anilines is 1. The van der Waals surface area contributed by atoms with E-state index in [0.717, 1.165) is 12.1 Å². The highest BCUT2D eigenvalue weighted by Gasteiger charge is 2.19. The van der Waals surface area contributed by atoms with Gasteiger partial charge in [-0.05, 0) is 31.0 Å². The largest absolute Gasteiger partial charge is 0.384 e. The fourth-order valence-electron chi connectivity index (χ4n) is 2.48. The number of benzene rings is 1. The summed E-state index contributed by atoms with van der Waals surface area (Å²) in [6.45, 7) is 7.36. The lowest BCUT2D eigenvalue weighted by Gasteiger charge is -2.32. The highest BCUT2D eigenvalue weighted by Crippen LogP contribution is 2.17. The van der Waals surface area contributed by atoms with E-state index in [0.29, 0.717) is 39.1 Å². The summed E-state index contributed by atoms with van der Waals surface area (Å²) >= 11 is 0. The van der Waals surface area contributed by atoms with Crippen molar-refractivity contribution in [2.24, 2.45) is 0 Å². The third-order valence-corrected chi connectivity index (χ3v) is 4.07. The number of hydrogen-bond acceptors (Lipinski definition) is 3. The van der Waals surface area contributed by atoms with Crippen LogP contribution >= 0.6 is 0 Å². The standard InChI is InChI=1S/C16H23N3O2/c1-13-4-3-5-15(14(13)2)17-7-6-16(21)19-10-8-18(12-20)9-11-19/h3-5,12,17H,6-11H2,1-2H3. The summed E-state index contributed by atoms with van der Waals surface area (Å²) in [6.07, 6.45) is 1.33. The molecule has 0 spiro atoms. The zero-order valence-electron chi connectivity index (χ0n) is 12.8. The van der Waals surface area contributed by atoms with E-state index in [9.17, 15) is 9.59 Å². The van der Waals surface area contributed by atoms with Crippen LogP contribution in [0.1, 0.15) is 17.5 Å². The van der Waals surface area contributed by atoms with Crippen molar-refractivity contribution >= 4 is 18.0 Å². The average molecular weight is 289 g/mol. The molecule has 1 heterocycles. The Labute approximate surface area is 125 Å². The first kappa shape index (κ1) is 15.4. The van der Waals surface area contributed by atoms with Crippen LogP contribution in [0.2, 0.25) is 0 Å². The Balaban J connectivity index is 1.77.